The van der Waals surface area contributed by atoms with Gasteiger partial charge in [-0.05, 0) is 65.7 Å². The minimum Gasteiger partial charge on any atom is -0.571 e. The molecule has 0 bridgehead atoms. The molecule has 0 amide bonds. The van der Waals surface area contributed by atoms with E-state index in [4.69, 9.17) is 37.9 Å². The van der Waals surface area contributed by atoms with Crippen LogP contribution < -0.4 is 4.74 Å². The summed E-state index contributed by atoms with van der Waals surface area (Å²) in [5.74, 6) is -5.21. The standard InChI is InChI=1S/C51H54O26/c52-18-34-39(61)42(64)45(67)49(74-34)72-32-16-25(54)15-31-26(32)17-33(47(71-31)23-6-10-28(56)30(58)14-23)73-51-48(44(66)41(63)36(76-51)20-70-38(60)12-5-22-3-9-27(55)29(57)13-22)77-50-46(68)43(65)40(62)35(75-50)19-69-37(59)11-4-21-1-7-24(53)8-2-21/h1-17,34-36,39-58,61-68H,18-20H2/p+1. The number of fused-ring (bicyclic) bond motifs is 1. The van der Waals surface area contributed by atoms with E-state index in [9.17, 15) is 86.2 Å². The summed E-state index contributed by atoms with van der Waals surface area (Å²) >= 11 is 0. The molecule has 4 aliphatic rings. The Morgan fingerprint density at radius 1 is 0.532 bits per heavy atom. The van der Waals surface area contributed by atoms with Gasteiger partial charge in [-0.15, -0.1) is 0 Å². The maximum atomic E-state index is 13.0. The molecule has 8 rings (SSSR count). The summed E-state index contributed by atoms with van der Waals surface area (Å²) in [5.41, 5.74) is 0.807. The average molecular weight is 1080 g/mol. The second kappa shape index (κ2) is 23.9. The first kappa shape index (κ1) is 55.9. The Kier molecular flexibility index (Phi) is 17.4. The molecule has 4 heterocycles. The highest BCUT2D eigenvalue weighted by atomic mass is 16.8. The zero-order valence-electron chi connectivity index (χ0n) is 39.9. The highest BCUT2D eigenvalue weighted by molar-refractivity contribution is 5.87. The van der Waals surface area contributed by atoms with Crippen LogP contribution in [0.4, 0.5) is 0 Å². The minimum atomic E-state index is -2.15. The molecule has 0 aromatic heterocycles. The number of benzene rings is 4. The molecule has 0 radical (unpaired) electrons. The lowest BCUT2D eigenvalue weighted by Gasteiger charge is -2.46. The maximum absolute atomic E-state index is 13.0. The van der Waals surface area contributed by atoms with E-state index in [0.29, 0.717) is 5.56 Å². The Morgan fingerprint density at radius 2 is 1.08 bits per heavy atom. The predicted octanol–water partition coefficient (Wildman–Crippen LogP) is -1.39. The number of hydrogen-bond donors (Lipinski definition) is 15. The number of rotatable bonds is 16. The summed E-state index contributed by atoms with van der Waals surface area (Å²) in [5, 5.41) is 159. The summed E-state index contributed by atoms with van der Waals surface area (Å²) < 4.78 is 51.1. The van der Waals surface area contributed by atoms with Gasteiger partial charge < -0.3 is 119 Å². The Morgan fingerprint density at radius 3 is 1.70 bits per heavy atom. The van der Waals surface area contributed by atoms with Gasteiger partial charge in [0.15, 0.2) is 41.2 Å². The van der Waals surface area contributed by atoms with Crippen molar-refractivity contribution < 1.29 is 129 Å². The molecule has 16 N–H and O–H groups in total. The lowest BCUT2D eigenvalue weighted by Crippen LogP contribution is -2.64. The van der Waals surface area contributed by atoms with Gasteiger partial charge in [-0.2, -0.15) is 0 Å². The van der Waals surface area contributed by atoms with Crippen LogP contribution in [0.25, 0.3) is 18.2 Å². The summed E-state index contributed by atoms with van der Waals surface area (Å²) in [7, 11) is 0. The number of aliphatic hydroxyl groups excluding tert-OH is 9. The molecule has 4 aromatic rings. The van der Waals surface area contributed by atoms with Crippen LogP contribution in [0, 0.1) is 0 Å². The summed E-state index contributed by atoms with van der Waals surface area (Å²) in [6.45, 7) is -2.37. The van der Waals surface area contributed by atoms with E-state index in [1.54, 1.807) is 0 Å². The van der Waals surface area contributed by atoms with Crippen molar-refractivity contribution in [1.29, 1.82) is 0 Å². The van der Waals surface area contributed by atoms with Gasteiger partial charge in [0.1, 0.15) is 103 Å². The zero-order valence-corrected chi connectivity index (χ0v) is 39.9. The summed E-state index contributed by atoms with van der Waals surface area (Å²) in [6, 6.07) is 15.2. The largest absolute Gasteiger partial charge is 0.571 e. The van der Waals surface area contributed by atoms with Gasteiger partial charge >= 0.3 is 11.9 Å². The van der Waals surface area contributed by atoms with Crippen molar-refractivity contribution in [2.45, 2.75) is 98.2 Å². The molecular formula is C51H55O26+. The number of aromatic hydroxyl groups is 7. The first-order valence-corrected chi connectivity index (χ1v) is 23.5. The Balaban J connectivity index is 1.11. The molecule has 4 aliphatic heterocycles. The molecule has 16 unspecified atom stereocenters. The Hall–Kier alpha value is -7.28. The topological polar surface area (TPSA) is 424 Å². The summed E-state index contributed by atoms with van der Waals surface area (Å²) in [6.07, 6.45) is -24.1. The number of ether oxygens (including phenoxy) is 9. The minimum absolute atomic E-state index is 0.0169. The predicted molar refractivity (Wildman–Crippen MR) is 256 cm³/mol. The lowest BCUT2D eigenvalue weighted by atomic mass is 9.97. The van der Waals surface area contributed by atoms with Crippen molar-refractivity contribution in [3.05, 3.63) is 113 Å². The molecule has 0 saturated carbocycles. The van der Waals surface area contributed by atoms with E-state index in [2.05, 4.69) is 4.74 Å². The van der Waals surface area contributed by atoms with Crippen LogP contribution in [-0.4, -0.2) is 205 Å². The monoisotopic (exact) mass is 1080 g/mol. The van der Waals surface area contributed by atoms with E-state index in [1.807, 2.05) is 0 Å². The molecular weight excluding hydrogens is 1030 g/mol. The number of hydrogen-bond acceptors (Lipinski definition) is 25. The quantitative estimate of drug-likeness (QED) is 0.0266. The second-order valence-corrected chi connectivity index (χ2v) is 18.0. The Labute approximate surface area is 435 Å². The molecule has 3 saturated heterocycles. The maximum Gasteiger partial charge on any atom is 0.330 e. The van der Waals surface area contributed by atoms with Gasteiger partial charge in [0, 0.05) is 24.3 Å². The number of phenols is 6. The van der Waals surface area contributed by atoms with Crippen molar-refractivity contribution in [2.24, 2.45) is 0 Å². The van der Waals surface area contributed by atoms with Crippen LogP contribution >= 0.6 is 0 Å². The zero-order chi connectivity index (χ0) is 55.4. The van der Waals surface area contributed by atoms with Crippen molar-refractivity contribution in [2.75, 3.05) is 19.8 Å². The molecule has 4 aromatic carbocycles. The smallest absolute Gasteiger partial charge is 0.330 e. The number of phenolic OH excluding ortho intramolecular Hbond substituents is 6. The Bertz CT molecular complexity index is 2820. The van der Waals surface area contributed by atoms with Crippen LogP contribution in [-0.2, 0) is 42.7 Å². The molecule has 3 fully saturated rings. The van der Waals surface area contributed by atoms with Crippen molar-refractivity contribution >= 4 is 30.2 Å². The molecule has 0 aliphatic carbocycles. The molecule has 414 valence electrons. The number of carbonyl (C=O) groups excluding carboxylic acids is 2. The van der Waals surface area contributed by atoms with Crippen LogP contribution in [0.3, 0.4) is 0 Å². The van der Waals surface area contributed by atoms with Crippen molar-refractivity contribution in [3.8, 4) is 46.0 Å². The number of carbonyl (C=O) groups is 2. The highest BCUT2D eigenvalue weighted by Gasteiger charge is 2.53. The molecule has 77 heavy (non-hydrogen) atoms. The van der Waals surface area contributed by atoms with E-state index in [1.165, 1.54) is 66.8 Å². The molecule has 16 atom stereocenters. The normalized spacial score (nSPS) is 31.2. The number of aliphatic hydroxyl groups is 10. The third-order valence-electron chi connectivity index (χ3n) is 12.7. The lowest BCUT2D eigenvalue weighted by molar-refractivity contribution is -0.364. The number of esters is 2. The van der Waals surface area contributed by atoms with E-state index < -0.39 is 159 Å². The fraction of sp³-hybridized carbons (Fsp3) is 0.373. The van der Waals surface area contributed by atoms with Gasteiger partial charge in [-0.3, -0.25) is 0 Å². The van der Waals surface area contributed by atoms with Crippen LogP contribution in [0.2, 0.25) is 0 Å². The van der Waals surface area contributed by atoms with Gasteiger partial charge in [0.05, 0.1) is 18.2 Å². The van der Waals surface area contributed by atoms with Crippen molar-refractivity contribution in [3.63, 3.8) is 0 Å². The van der Waals surface area contributed by atoms with Crippen LogP contribution in [0.15, 0.2) is 90.7 Å². The second-order valence-electron chi connectivity index (χ2n) is 18.0. The fourth-order valence-electron chi connectivity index (χ4n) is 8.43. The van der Waals surface area contributed by atoms with E-state index >= 15 is 0 Å². The molecule has 0 spiro atoms. The fourth-order valence-corrected chi connectivity index (χ4v) is 8.43. The molecule has 26 nitrogen and oxygen atoms in total. The van der Waals surface area contributed by atoms with Gasteiger partial charge in [-0.1, -0.05) is 18.2 Å². The SMILES string of the molecule is O=C(C=Cc1ccc(O)cc1)OCC1OC(OC2C(OC3=Cc4c(OC5OC(CO)C(O)C(O)C5O)cc(O)cc4[OH+]C3c3ccc(O)c(O)c3)OC(COC(=O)C=Cc3ccc(O)c(O)c3)C(O)C2O)C(O)C(O)C1O. The average Bonchev–Trinajstić information content (AvgIpc) is 3.40. The van der Waals surface area contributed by atoms with E-state index in [-0.39, 0.29) is 39.7 Å². The van der Waals surface area contributed by atoms with Gasteiger partial charge in [0.2, 0.25) is 12.6 Å². The van der Waals surface area contributed by atoms with Crippen LogP contribution in [0.5, 0.6) is 46.0 Å². The third kappa shape index (κ3) is 12.8. The first-order valence-electron chi connectivity index (χ1n) is 23.5. The first-order chi connectivity index (χ1) is 36.7. The summed E-state index contributed by atoms with van der Waals surface area (Å²) in [4.78, 5) is 25.6. The van der Waals surface area contributed by atoms with Gasteiger partial charge in [0.25, 0.3) is 11.9 Å². The highest BCUT2D eigenvalue weighted by Crippen LogP contribution is 2.48. The molecule has 26 heteroatoms. The van der Waals surface area contributed by atoms with E-state index in [0.717, 1.165) is 36.4 Å². The van der Waals surface area contributed by atoms with Gasteiger partial charge in [-0.25, -0.2) is 9.59 Å². The van der Waals surface area contributed by atoms with Crippen LogP contribution in [0.1, 0.15) is 28.4 Å². The van der Waals surface area contributed by atoms with Crippen molar-refractivity contribution in [1.82, 2.24) is 0 Å². The third-order valence-corrected chi connectivity index (χ3v) is 12.7.